The minimum atomic E-state index is -2.37. The fourth-order valence-electron chi connectivity index (χ4n) is 5.06. The summed E-state index contributed by atoms with van der Waals surface area (Å²) in [5, 5.41) is 15.2. The van der Waals surface area contributed by atoms with Crippen molar-refractivity contribution >= 4 is 17.3 Å². The topological polar surface area (TPSA) is 79.8 Å². The first-order chi connectivity index (χ1) is 22.7. The van der Waals surface area contributed by atoms with Gasteiger partial charge in [0.05, 0.1) is 12.3 Å². The van der Waals surface area contributed by atoms with Crippen LogP contribution in [0.2, 0.25) is 0 Å². The van der Waals surface area contributed by atoms with Gasteiger partial charge in [0, 0.05) is 24.4 Å². The van der Waals surface area contributed by atoms with Crippen LogP contribution in [-0.2, 0) is 0 Å². The zero-order valence-corrected chi connectivity index (χ0v) is 26.9. The molecule has 3 aromatic rings. The molecule has 0 saturated heterocycles. The smallest absolute Gasteiger partial charge is 0.261 e. The average molecular weight is 665 g/mol. The van der Waals surface area contributed by atoms with Crippen molar-refractivity contribution in [3.63, 3.8) is 0 Å². The summed E-state index contributed by atoms with van der Waals surface area (Å²) in [6, 6.07) is 11.2. The summed E-state index contributed by atoms with van der Waals surface area (Å²) in [5.74, 6) is -12.2. The number of phenols is 1. The summed E-state index contributed by atoms with van der Waals surface area (Å²) < 4.78 is 79.7. The number of phenolic OH excluding ortho intramolecular Hbond substituents is 1. The molecule has 0 aliphatic heterocycles. The highest BCUT2D eigenvalue weighted by Crippen LogP contribution is 2.29. The number of hydrogen-bond acceptors (Lipinski definition) is 5. The average Bonchev–Trinajstić information content (AvgIpc) is 3.06. The number of carbonyl (C=O) groups excluding carboxylic acids is 1. The Balaban J connectivity index is 1.31. The molecule has 0 aromatic heterocycles. The fourth-order valence-corrected chi connectivity index (χ4v) is 5.06. The Morgan fingerprint density at radius 1 is 0.660 bits per heavy atom. The van der Waals surface area contributed by atoms with Crippen molar-refractivity contribution < 1.29 is 41.3 Å². The zero-order chi connectivity index (χ0) is 34.0. The standard InChI is InChI=1S/C36H45F5N2O4/c1-2-3-4-5-6-7-8-9-10-11-12-13-14-21-46-26-16-15-17-27(24-26)47-22-20-42-25-18-19-28(29(44)23-25)43-36(45)30-31(37)33(39)35(41)34(40)32(30)38/h15-19,23-24,42,44H,2-14,20-22H2,1H3,(H,43,45). The molecule has 0 fully saturated rings. The van der Waals surface area contributed by atoms with Crippen LogP contribution in [0.3, 0.4) is 0 Å². The van der Waals surface area contributed by atoms with Crippen molar-refractivity contribution in [3.8, 4) is 17.2 Å². The van der Waals surface area contributed by atoms with Gasteiger partial charge in [-0.25, -0.2) is 22.0 Å². The molecule has 0 aliphatic carbocycles. The van der Waals surface area contributed by atoms with Crippen molar-refractivity contribution in [2.24, 2.45) is 0 Å². The third-order valence-electron chi connectivity index (χ3n) is 7.70. The molecule has 3 aromatic carbocycles. The molecule has 11 heteroatoms. The first-order valence-corrected chi connectivity index (χ1v) is 16.5. The quantitative estimate of drug-likeness (QED) is 0.0328. The fraction of sp³-hybridized carbons (Fsp3) is 0.472. The summed E-state index contributed by atoms with van der Waals surface area (Å²) >= 11 is 0. The molecule has 0 atom stereocenters. The van der Waals surface area contributed by atoms with Gasteiger partial charge >= 0.3 is 0 Å². The Morgan fingerprint density at radius 2 is 1.17 bits per heavy atom. The summed E-state index contributed by atoms with van der Waals surface area (Å²) in [6.45, 7) is 3.49. The molecule has 0 unspecified atom stereocenters. The second kappa shape index (κ2) is 20.3. The molecule has 3 rings (SSSR count). The number of aromatic hydroxyl groups is 1. The van der Waals surface area contributed by atoms with E-state index in [4.69, 9.17) is 9.47 Å². The van der Waals surface area contributed by atoms with E-state index in [1.807, 2.05) is 29.6 Å². The highest BCUT2D eigenvalue weighted by Gasteiger charge is 2.30. The Labute approximate surface area is 273 Å². The van der Waals surface area contributed by atoms with Gasteiger partial charge in [0.25, 0.3) is 5.91 Å². The van der Waals surface area contributed by atoms with Crippen LogP contribution in [0.15, 0.2) is 42.5 Å². The molecule has 1 amide bonds. The molecular weight excluding hydrogens is 619 g/mol. The maximum Gasteiger partial charge on any atom is 0.261 e. The van der Waals surface area contributed by atoms with E-state index in [1.54, 1.807) is 0 Å². The van der Waals surface area contributed by atoms with Gasteiger partial charge in [-0.3, -0.25) is 4.79 Å². The van der Waals surface area contributed by atoms with E-state index in [-0.39, 0.29) is 12.3 Å². The van der Waals surface area contributed by atoms with E-state index in [0.29, 0.717) is 24.6 Å². The van der Waals surface area contributed by atoms with Gasteiger partial charge in [0.2, 0.25) is 5.82 Å². The predicted octanol–water partition coefficient (Wildman–Crippen LogP) is 10.3. The molecule has 0 spiro atoms. The number of anilines is 2. The van der Waals surface area contributed by atoms with Crippen LogP contribution in [0.5, 0.6) is 17.2 Å². The number of halogens is 5. The van der Waals surface area contributed by atoms with Crippen molar-refractivity contribution in [3.05, 3.63) is 77.1 Å². The number of ether oxygens (including phenoxy) is 2. The first kappa shape index (κ1) is 37.4. The number of benzene rings is 3. The summed E-state index contributed by atoms with van der Waals surface area (Å²) in [7, 11) is 0. The van der Waals surface area contributed by atoms with E-state index < -0.39 is 46.3 Å². The molecule has 0 heterocycles. The number of rotatable bonds is 22. The number of carbonyl (C=O) groups is 1. The van der Waals surface area contributed by atoms with Gasteiger partial charge in [0.1, 0.15) is 29.4 Å². The van der Waals surface area contributed by atoms with Crippen LogP contribution >= 0.6 is 0 Å². The number of nitrogens with one attached hydrogen (secondary N) is 2. The van der Waals surface area contributed by atoms with Crippen molar-refractivity contribution in [1.82, 2.24) is 0 Å². The SMILES string of the molecule is CCCCCCCCCCCCCCCOc1cccc(OCCNc2ccc(NC(=O)c3c(F)c(F)c(F)c(F)c3F)c(O)c2)c1. The molecule has 0 radical (unpaired) electrons. The lowest BCUT2D eigenvalue weighted by molar-refractivity contribution is 0.101. The van der Waals surface area contributed by atoms with Gasteiger partial charge in [-0.1, -0.05) is 90.0 Å². The van der Waals surface area contributed by atoms with Gasteiger partial charge in [-0.2, -0.15) is 0 Å². The lowest BCUT2D eigenvalue weighted by atomic mass is 10.0. The molecular formula is C36H45F5N2O4. The molecule has 258 valence electrons. The Hall–Kier alpha value is -4.02. The van der Waals surface area contributed by atoms with E-state index in [2.05, 4.69) is 12.2 Å². The van der Waals surface area contributed by atoms with E-state index in [1.165, 1.54) is 88.8 Å². The van der Waals surface area contributed by atoms with Gasteiger partial charge in [-0.05, 0) is 30.7 Å². The van der Waals surface area contributed by atoms with Crippen molar-refractivity contribution in [2.45, 2.75) is 90.4 Å². The molecule has 6 nitrogen and oxygen atoms in total. The van der Waals surface area contributed by atoms with Crippen molar-refractivity contribution in [2.75, 3.05) is 30.4 Å². The second-order valence-corrected chi connectivity index (χ2v) is 11.5. The van der Waals surface area contributed by atoms with Gasteiger partial charge < -0.3 is 25.2 Å². The minimum absolute atomic E-state index is 0.266. The van der Waals surface area contributed by atoms with Crippen LogP contribution in [-0.4, -0.2) is 30.8 Å². The maximum absolute atomic E-state index is 13.9. The van der Waals surface area contributed by atoms with Crippen LogP contribution in [0.1, 0.15) is 101 Å². The normalized spacial score (nSPS) is 11.0. The summed E-state index contributed by atoms with van der Waals surface area (Å²) in [4.78, 5) is 12.3. The predicted molar refractivity (Wildman–Crippen MR) is 174 cm³/mol. The Kier molecular flexibility index (Phi) is 16.1. The Bertz CT molecular complexity index is 1390. The largest absolute Gasteiger partial charge is 0.506 e. The molecule has 3 N–H and O–H groups in total. The first-order valence-electron chi connectivity index (χ1n) is 16.5. The summed E-state index contributed by atoms with van der Waals surface area (Å²) in [6.07, 6.45) is 16.8. The Morgan fingerprint density at radius 3 is 1.72 bits per heavy atom. The number of unbranched alkanes of at least 4 members (excludes halogenated alkanes) is 12. The second-order valence-electron chi connectivity index (χ2n) is 11.5. The third kappa shape index (κ3) is 12.3. The van der Waals surface area contributed by atoms with Crippen LogP contribution in [0.25, 0.3) is 0 Å². The lowest BCUT2D eigenvalue weighted by Crippen LogP contribution is -2.19. The highest BCUT2D eigenvalue weighted by molar-refractivity contribution is 6.05. The minimum Gasteiger partial charge on any atom is -0.506 e. The molecule has 0 bridgehead atoms. The van der Waals surface area contributed by atoms with Gasteiger partial charge in [0.15, 0.2) is 23.3 Å². The van der Waals surface area contributed by atoms with Crippen LogP contribution in [0, 0.1) is 29.1 Å². The molecule has 47 heavy (non-hydrogen) atoms. The molecule has 0 aliphatic rings. The van der Waals surface area contributed by atoms with Crippen LogP contribution in [0.4, 0.5) is 33.3 Å². The van der Waals surface area contributed by atoms with Crippen molar-refractivity contribution in [1.29, 1.82) is 0 Å². The maximum atomic E-state index is 13.9. The monoisotopic (exact) mass is 664 g/mol. The van der Waals surface area contributed by atoms with E-state index in [0.717, 1.165) is 18.6 Å². The highest BCUT2D eigenvalue weighted by atomic mass is 19.2. The third-order valence-corrected chi connectivity index (χ3v) is 7.70. The number of amides is 1. The van der Waals surface area contributed by atoms with E-state index in [9.17, 15) is 31.9 Å². The van der Waals surface area contributed by atoms with E-state index >= 15 is 0 Å². The zero-order valence-electron chi connectivity index (χ0n) is 26.9. The number of hydrogen-bond donors (Lipinski definition) is 3. The summed E-state index contributed by atoms with van der Waals surface area (Å²) in [5.41, 5.74) is -1.53. The van der Waals surface area contributed by atoms with Gasteiger partial charge in [-0.15, -0.1) is 0 Å². The molecule has 0 saturated carbocycles. The van der Waals surface area contributed by atoms with Crippen LogP contribution < -0.4 is 20.1 Å². The lowest BCUT2D eigenvalue weighted by Gasteiger charge is -2.13.